The summed E-state index contributed by atoms with van der Waals surface area (Å²) in [4.78, 5) is 15.1. The van der Waals surface area contributed by atoms with Gasteiger partial charge in [-0.1, -0.05) is 18.2 Å². The fourth-order valence-corrected chi connectivity index (χ4v) is 4.89. The molecule has 9 heteroatoms. The summed E-state index contributed by atoms with van der Waals surface area (Å²) in [5, 5.41) is 2.85. The van der Waals surface area contributed by atoms with Crippen LogP contribution in [0, 0.1) is 0 Å². The molecule has 0 bridgehead atoms. The number of sulfonamides is 1. The van der Waals surface area contributed by atoms with Gasteiger partial charge in [-0.3, -0.25) is 14.0 Å². The summed E-state index contributed by atoms with van der Waals surface area (Å²) in [6.07, 6.45) is 0.792. The Bertz CT molecular complexity index is 945. The summed E-state index contributed by atoms with van der Waals surface area (Å²) in [7, 11) is -3.91. The Morgan fingerprint density at radius 2 is 1.78 bits per heavy atom. The van der Waals surface area contributed by atoms with Crippen LogP contribution >= 0.6 is 0 Å². The van der Waals surface area contributed by atoms with Crippen LogP contribution in [-0.2, 0) is 19.6 Å². The van der Waals surface area contributed by atoms with Gasteiger partial charge in [0.05, 0.1) is 30.4 Å². The Balaban J connectivity index is 1.67. The molecular formula is C23H31N3O5S. The molecule has 0 saturated carbocycles. The highest BCUT2D eigenvalue weighted by Crippen LogP contribution is 2.25. The number of rotatable bonds is 11. The third kappa shape index (κ3) is 6.69. The van der Waals surface area contributed by atoms with Gasteiger partial charge in [0.25, 0.3) is 10.0 Å². The van der Waals surface area contributed by atoms with E-state index in [4.69, 9.17) is 9.47 Å². The van der Waals surface area contributed by atoms with Crippen molar-refractivity contribution < 1.29 is 22.7 Å². The van der Waals surface area contributed by atoms with Crippen LogP contribution in [0.4, 0.5) is 5.69 Å². The number of benzene rings is 2. The van der Waals surface area contributed by atoms with E-state index in [1.807, 2.05) is 6.92 Å². The van der Waals surface area contributed by atoms with Gasteiger partial charge in [-0.05, 0) is 56.3 Å². The van der Waals surface area contributed by atoms with Gasteiger partial charge >= 0.3 is 0 Å². The Morgan fingerprint density at radius 1 is 1.09 bits per heavy atom. The van der Waals surface area contributed by atoms with Crippen molar-refractivity contribution in [3.05, 3.63) is 54.6 Å². The van der Waals surface area contributed by atoms with E-state index in [1.54, 1.807) is 42.5 Å². The molecule has 8 nitrogen and oxygen atoms in total. The highest BCUT2D eigenvalue weighted by atomic mass is 32.2. The summed E-state index contributed by atoms with van der Waals surface area (Å²) in [5.74, 6) is 0.293. The standard InChI is InChI=1S/C23H31N3O5S/c1-2-31-21-11-9-20(10-12-21)26(32(28,29)22-7-4-3-5-8-22)19-23(27)24-13-6-14-25-15-17-30-18-16-25/h3-5,7-12H,2,6,13-19H2,1H3,(H,24,27). The van der Waals surface area contributed by atoms with E-state index in [1.165, 1.54) is 12.1 Å². The number of amides is 1. The van der Waals surface area contributed by atoms with E-state index in [9.17, 15) is 13.2 Å². The van der Waals surface area contributed by atoms with E-state index in [0.29, 0.717) is 24.6 Å². The maximum Gasteiger partial charge on any atom is 0.264 e. The van der Waals surface area contributed by atoms with E-state index in [0.717, 1.165) is 43.6 Å². The molecule has 1 heterocycles. The fourth-order valence-electron chi connectivity index (χ4n) is 3.45. The normalized spacial score (nSPS) is 14.7. The molecule has 174 valence electrons. The zero-order valence-corrected chi connectivity index (χ0v) is 19.2. The van der Waals surface area contributed by atoms with Gasteiger partial charge < -0.3 is 14.8 Å². The van der Waals surface area contributed by atoms with Crippen LogP contribution in [0.25, 0.3) is 0 Å². The first kappa shape index (κ1) is 24.0. The molecule has 0 radical (unpaired) electrons. The van der Waals surface area contributed by atoms with Crippen LogP contribution in [-0.4, -0.2) is 71.8 Å². The smallest absolute Gasteiger partial charge is 0.264 e. The average molecular weight is 462 g/mol. The molecule has 1 fully saturated rings. The lowest BCUT2D eigenvalue weighted by molar-refractivity contribution is -0.119. The molecule has 2 aromatic carbocycles. The SMILES string of the molecule is CCOc1ccc(N(CC(=O)NCCCN2CCOCC2)S(=O)(=O)c2ccccc2)cc1. The maximum atomic E-state index is 13.3. The number of carbonyl (C=O) groups is 1. The van der Waals surface area contributed by atoms with E-state index in [2.05, 4.69) is 10.2 Å². The third-order valence-corrected chi connectivity index (χ3v) is 6.92. The first-order chi connectivity index (χ1) is 15.5. The quantitative estimate of drug-likeness (QED) is 0.516. The van der Waals surface area contributed by atoms with Gasteiger partial charge in [0.1, 0.15) is 12.3 Å². The summed E-state index contributed by atoms with van der Waals surface area (Å²) in [5.41, 5.74) is 0.403. The topological polar surface area (TPSA) is 88.2 Å². The predicted molar refractivity (Wildman–Crippen MR) is 123 cm³/mol. The molecule has 2 aromatic rings. The van der Waals surface area contributed by atoms with Crippen LogP contribution in [0.3, 0.4) is 0 Å². The average Bonchev–Trinajstić information content (AvgIpc) is 2.82. The molecule has 3 rings (SSSR count). The minimum atomic E-state index is -3.91. The molecule has 0 atom stereocenters. The fraction of sp³-hybridized carbons (Fsp3) is 0.435. The molecule has 1 N–H and O–H groups in total. The lowest BCUT2D eigenvalue weighted by Gasteiger charge is -2.26. The molecule has 0 unspecified atom stereocenters. The molecule has 1 aliphatic heterocycles. The number of nitrogens with zero attached hydrogens (tertiary/aromatic N) is 2. The Morgan fingerprint density at radius 3 is 2.44 bits per heavy atom. The van der Waals surface area contributed by atoms with Gasteiger partial charge in [0.15, 0.2) is 0 Å². The monoisotopic (exact) mass is 461 g/mol. The van der Waals surface area contributed by atoms with Gasteiger partial charge in [-0.15, -0.1) is 0 Å². The zero-order chi connectivity index (χ0) is 22.8. The molecule has 0 spiro atoms. The number of ether oxygens (including phenoxy) is 2. The Labute approximate surface area is 190 Å². The molecular weight excluding hydrogens is 430 g/mol. The molecule has 1 aliphatic rings. The van der Waals surface area contributed by atoms with Gasteiger partial charge in [-0.2, -0.15) is 0 Å². The molecule has 0 aromatic heterocycles. The largest absolute Gasteiger partial charge is 0.494 e. The molecule has 1 amide bonds. The Hall–Kier alpha value is -2.62. The van der Waals surface area contributed by atoms with Crippen molar-refractivity contribution in [2.24, 2.45) is 0 Å². The third-order valence-electron chi connectivity index (χ3n) is 5.13. The van der Waals surface area contributed by atoms with E-state index >= 15 is 0 Å². The van der Waals surface area contributed by atoms with Gasteiger partial charge in [-0.25, -0.2) is 8.42 Å². The number of anilines is 1. The predicted octanol–water partition coefficient (Wildman–Crippen LogP) is 2.12. The zero-order valence-electron chi connectivity index (χ0n) is 18.4. The number of nitrogens with one attached hydrogen (secondary N) is 1. The first-order valence-corrected chi connectivity index (χ1v) is 12.3. The van der Waals surface area contributed by atoms with Crippen molar-refractivity contribution >= 4 is 21.6 Å². The number of hydrogen-bond donors (Lipinski definition) is 1. The minimum Gasteiger partial charge on any atom is -0.494 e. The van der Waals surface area contributed by atoms with Crippen molar-refractivity contribution in [3.63, 3.8) is 0 Å². The summed E-state index contributed by atoms with van der Waals surface area (Å²) >= 11 is 0. The van der Waals surface area contributed by atoms with Gasteiger partial charge in [0, 0.05) is 19.6 Å². The molecule has 0 aliphatic carbocycles. The first-order valence-electron chi connectivity index (χ1n) is 10.9. The van der Waals surface area contributed by atoms with Crippen LogP contribution in [0.15, 0.2) is 59.5 Å². The van der Waals surface area contributed by atoms with Gasteiger partial charge in [0.2, 0.25) is 5.91 Å². The maximum absolute atomic E-state index is 13.3. The number of carbonyl (C=O) groups excluding carboxylic acids is 1. The lowest BCUT2D eigenvalue weighted by Crippen LogP contribution is -2.42. The number of morpholine rings is 1. The van der Waals surface area contributed by atoms with Crippen molar-refractivity contribution in [1.82, 2.24) is 10.2 Å². The minimum absolute atomic E-state index is 0.133. The van der Waals surface area contributed by atoms with Crippen LogP contribution in [0.1, 0.15) is 13.3 Å². The molecule has 32 heavy (non-hydrogen) atoms. The summed E-state index contributed by atoms with van der Waals surface area (Å²) in [6.45, 7) is 6.71. The highest BCUT2D eigenvalue weighted by Gasteiger charge is 2.27. The van der Waals surface area contributed by atoms with Crippen LogP contribution in [0.2, 0.25) is 0 Å². The lowest BCUT2D eigenvalue weighted by atomic mass is 10.3. The van der Waals surface area contributed by atoms with Crippen molar-refractivity contribution in [2.75, 3.05) is 56.8 Å². The summed E-state index contributed by atoms with van der Waals surface area (Å²) in [6, 6.07) is 14.8. The second kappa shape index (κ2) is 11.8. The molecule has 1 saturated heterocycles. The van der Waals surface area contributed by atoms with Crippen LogP contribution < -0.4 is 14.4 Å². The van der Waals surface area contributed by atoms with E-state index in [-0.39, 0.29) is 17.3 Å². The Kier molecular flexibility index (Phi) is 8.90. The van der Waals surface area contributed by atoms with Crippen LogP contribution in [0.5, 0.6) is 5.75 Å². The highest BCUT2D eigenvalue weighted by molar-refractivity contribution is 7.92. The van der Waals surface area contributed by atoms with E-state index < -0.39 is 10.0 Å². The number of hydrogen-bond acceptors (Lipinski definition) is 6. The second-order valence-corrected chi connectivity index (χ2v) is 9.27. The second-order valence-electron chi connectivity index (χ2n) is 7.41. The van der Waals surface area contributed by atoms with Crippen molar-refractivity contribution in [1.29, 1.82) is 0 Å². The van der Waals surface area contributed by atoms with Crippen molar-refractivity contribution in [3.8, 4) is 5.75 Å². The van der Waals surface area contributed by atoms with Crippen molar-refractivity contribution in [2.45, 2.75) is 18.2 Å². The summed E-state index contributed by atoms with van der Waals surface area (Å²) < 4.78 is 38.5.